The monoisotopic (exact) mass is 318 g/mol. The van der Waals surface area contributed by atoms with E-state index in [1.807, 2.05) is 19.1 Å². The van der Waals surface area contributed by atoms with Crippen molar-refractivity contribution in [1.82, 2.24) is 19.7 Å². The number of amides is 4. The molecule has 124 valence electrons. The first kappa shape index (κ1) is 16.9. The van der Waals surface area contributed by atoms with E-state index in [1.165, 1.54) is 11.9 Å². The molecule has 1 aromatic heterocycles. The second-order valence-electron chi connectivity index (χ2n) is 5.69. The average Bonchev–Trinajstić information content (AvgIpc) is 2.73. The molecule has 0 bridgehead atoms. The van der Waals surface area contributed by atoms with E-state index in [2.05, 4.69) is 4.98 Å². The number of likely N-dealkylation sites (N-methyl/N-ethyl adjacent to an activating group) is 2. The van der Waals surface area contributed by atoms with Crippen LogP contribution in [0.25, 0.3) is 0 Å². The maximum absolute atomic E-state index is 12.6. The van der Waals surface area contributed by atoms with Crippen molar-refractivity contribution >= 4 is 17.8 Å². The zero-order chi connectivity index (χ0) is 17.0. The minimum absolute atomic E-state index is 0.00563. The van der Waals surface area contributed by atoms with E-state index in [1.54, 1.807) is 24.3 Å². The Bertz CT molecular complexity index is 590. The molecular formula is C16H22N4O3. The van der Waals surface area contributed by atoms with Gasteiger partial charge in [-0.2, -0.15) is 0 Å². The minimum atomic E-state index is -0.715. The fourth-order valence-corrected chi connectivity index (χ4v) is 2.65. The first-order valence-electron chi connectivity index (χ1n) is 7.66. The van der Waals surface area contributed by atoms with E-state index in [0.29, 0.717) is 13.1 Å². The van der Waals surface area contributed by atoms with Gasteiger partial charge in [0.15, 0.2) is 0 Å². The third kappa shape index (κ3) is 3.67. The molecule has 23 heavy (non-hydrogen) atoms. The molecule has 1 aromatic rings. The minimum Gasteiger partial charge on any atom is -0.338 e. The number of hydrogen-bond donors (Lipinski definition) is 0. The van der Waals surface area contributed by atoms with Crippen LogP contribution in [-0.4, -0.2) is 64.2 Å². The summed E-state index contributed by atoms with van der Waals surface area (Å²) in [5.41, 5.74) is 0.939. The number of carbonyl (C=O) groups is 3. The summed E-state index contributed by atoms with van der Waals surface area (Å²) in [6, 6.07) is 2.65. The third-order valence-electron chi connectivity index (χ3n) is 3.98. The third-order valence-corrected chi connectivity index (χ3v) is 3.98. The van der Waals surface area contributed by atoms with Crippen LogP contribution in [0, 0.1) is 0 Å². The van der Waals surface area contributed by atoms with Gasteiger partial charge in [0, 0.05) is 39.6 Å². The fraction of sp³-hybridized carbons (Fsp3) is 0.500. The number of rotatable bonds is 6. The summed E-state index contributed by atoms with van der Waals surface area (Å²) in [6.45, 7) is 3.05. The SMILES string of the molecule is CCCN(Cc1cccnc1)C(=O)C[C@H]1C(=O)N(C)C(=O)N1C. The van der Waals surface area contributed by atoms with Crippen LogP contribution >= 0.6 is 0 Å². The van der Waals surface area contributed by atoms with Gasteiger partial charge in [-0.15, -0.1) is 0 Å². The zero-order valence-corrected chi connectivity index (χ0v) is 13.7. The number of nitrogens with zero attached hydrogens (tertiary/aromatic N) is 4. The van der Waals surface area contributed by atoms with Gasteiger partial charge in [0.05, 0.1) is 6.42 Å². The van der Waals surface area contributed by atoms with Crippen molar-refractivity contribution in [3.05, 3.63) is 30.1 Å². The maximum Gasteiger partial charge on any atom is 0.326 e. The highest BCUT2D eigenvalue weighted by atomic mass is 16.2. The number of pyridine rings is 1. The predicted molar refractivity (Wildman–Crippen MR) is 84.3 cm³/mol. The van der Waals surface area contributed by atoms with Crippen LogP contribution < -0.4 is 0 Å². The highest BCUT2D eigenvalue weighted by Crippen LogP contribution is 2.18. The highest BCUT2D eigenvalue weighted by Gasteiger charge is 2.42. The van der Waals surface area contributed by atoms with Gasteiger partial charge in [-0.05, 0) is 18.1 Å². The van der Waals surface area contributed by atoms with Crippen molar-refractivity contribution < 1.29 is 14.4 Å². The molecule has 7 nitrogen and oxygen atoms in total. The van der Waals surface area contributed by atoms with Crippen molar-refractivity contribution in [3.63, 3.8) is 0 Å². The molecule has 1 atom stereocenters. The van der Waals surface area contributed by atoms with Gasteiger partial charge < -0.3 is 9.80 Å². The topological polar surface area (TPSA) is 73.8 Å². The largest absolute Gasteiger partial charge is 0.338 e. The molecule has 1 aliphatic heterocycles. The Balaban J connectivity index is 2.06. The van der Waals surface area contributed by atoms with E-state index in [-0.39, 0.29) is 24.3 Å². The van der Waals surface area contributed by atoms with Gasteiger partial charge in [-0.25, -0.2) is 4.79 Å². The zero-order valence-electron chi connectivity index (χ0n) is 13.7. The molecule has 1 fully saturated rings. The lowest BCUT2D eigenvalue weighted by Crippen LogP contribution is -2.39. The maximum atomic E-state index is 12.6. The van der Waals surface area contributed by atoms with E-state index in [9.17, 15) is 14.4 Å². The molecular weight excluding hydrogens is 296 g/mol. The smallest absolute Gasteiger partial charge is 0.326 e. The lowest BCUT2D eigenvalue weighted by molar-refractivity contribution is -0.136. The molecule has 4 amide bonds. The lowest BCUT2D eigenvalue weighted by Gasteiger charge is -2.24. The van der Waals surface area contributed by atoms with Crippen LogP contribution in [0.2, 0.25) is 0 Å². The van der Waals surface area contributed by atoms with E-state index >= 15 is 0 Å². The van der Waals surface area contributed by atoms with Crippen LogP contribution in [0.5, 0.6) is 0 Å². The molecule has 0 N–H and O–H groups in total. The molecule has 2 heterocycles. The second-order valence-corrected chi connectivity index (χ2v) is 5.69. The predicted octanol–water partition coefficient (Wildman–Crippen LogP) is 1.10. The number of imide groups is 1. The van der Waals surface area contributed by atoms with Gasteiger partial charge in [0.25, 0.3) is 5.91 Å². The van der Waals surface area contributed by atoms with Crippen LogP contribution in [0.1, 0.15) is 25.3 Å². The molecule has 1 saturated heterocycles. The van der Waals surface area contributed by atoms with Crippen LogP contribution in [-0.2, 0) is 16.1 Å². The molecule has 0 radical (unpaired) electrons. The Labute approximate surface area is 135 Å². The summed E-state index contributed by atoms with van der Waals surface area (Å²) in [6.07, 6.45) is 4.23. The molecule has 2 rings (SSSR count). The Hall–Kier alpha value is -2.44. The summed E-state index contributed by atoms with van der Waals surface area (Å²) < 4.78 is 0. The van der Waals surface area contributed by atoms with Crippen molar-refractivity contribution in [3.8, 4) is 0 Å². The van der Waals surface area contributed by atoms with Crippen LogP contribution in [0.15, 0.2) is 24.5 Å². The van der Waals surface area contributed by atoms with Crippen molar-refractivity contribution in [2.45, 2.75) is 32.4 Å². The van der Waals surface area contributed by atoms with Gasteiger partial charge in [0.2, 0.25) is 5.91 Å². The summed E-state index contributed by atoms with van der Waals surface area (Å²) in [4.78, 5) is 44.6. The van der Waals surface area contributed by atoms with Gasteiger partial charge >= 0.3 is 6.03 Å². The highest BCUT2D eigenvalue weighted by molar-refractivity contribution is 6.05. The molecule has 0 saturated carbocycles. The van der Waals surface area contributed by atoms with Crippen LogP contribution in [0.3, 0.4) is 0 Å². The number of carbonyl (C=O) groups excluding carboxylic acids is 3. The normalized spacial score (nSPS) is 17.8. The fourth-order valence-electron chi connectivity index (χ4n) is 2.65. The molecule has 0 spiro atoms. The second kappa shape index (κ2) is 7.21. The van der Waals surface area contributed by atoms with Crippen LogP contribution in [0.4, 0.5) is 4.79 Å². The molecule has 0 aliphatic carbocycles. The van der Waals surface area contributed by atoms with Crippen molar-refractivity contribution in [2.75, 3.05) is 20.6 Å². The molecule has 0 aromatic carbocycles. The van der Waals surface area contributed by atoms with E-state index < -0.39 is 6.04 Å². The standard InChI is InChI=1S/C16H22N4O3/c1-4-8-20(11-12-6-5-7-17-10-12)14(21)9-13-15(22)19(3)16(23)18(13)2/h5-7,10,13H,4,8-9,11H2,1-3H3/t13-/m0/s1. The van der Waals surface area contributed by atoms with Gasteiger partial charge in [0.1, 0.15) is 6.04 Å². The molecule has 1 aliphatic rings. The average molecular weight is 318 g/mol. The summed E-state index contributed by atoms with van der Waals surface area (Å²) in [5, 5.41) is 0. The van der Waals surface area contributed by atoms with E-state index in [0.717, 1.165) is 16.9 Å². The summed E-state index contributed by atoms with van der Waals surface area (Å²) >= 11 is 0. The van der Waals surface area contributed by atoms with Gasteiger partial charge in [-0.3, -0.25) is 19.5 Å². The Kier molecular flexibility index (Phi) is 5.31. The van der Waals surface area contributed by atoms with Crippen molar-refractivity contribution in [1.29, 1.82) is 0 Å². The first-order chi connectivity index (χ1) is 11.0. The number of urea groups is 1. The number of aromatic nitrogens is 1. The summed E-state index contributed by atoms with van der Waals surface area (Å²) in [7, 11) is 2.98. The Morgan fingerprint density at radius 2 is 2.09 bits per heavy atom. The van der Waals surface area contributed by atoms with Crippen molar-refractivity contribution in [2.24, 2.45) is 0 Å². The Morgan fingerprint density at radius 3 is 2.61 bits per heavy atom. The lowest BCUT2D eigenvalue weighted by atomic mass is 10.1. The number of hydrogen-bond acceptors (Lipinski definition) is 4. The molecule has 0 unspecified atom stereocenters. The van der Waals surface area contributed by atoms with E-state index in [4.69, 9.17) is 0 Å². The summed E-state index contributed by atoms with van der Waals surface area (Å²) in [5.74, 6) is -0.465. The quantitative estimate of drug-likeness (QED) is 0.736. The first-order valence-corrected chi connectivity index (χ1v) is 7.66. The Morgan fingerprint density at radius 1 is 1.35 bits per heavy atom. The van der Waals surface area contributed by atoms with Gasteiger partial charge in [-0.1, -0.05) is 13.0 Å². The molecule has 7 heteroatoms.